The summed E-state index contributed by atoms with van der Waals surface area (Å²) < 4.78 is 106. The van der Waals surface area contributed by atoms with Gasteiger partial charge in [0.25, 0.3) is 0 Å². The van der Waals surface area contributed by atoms with E-state index in [0.29, 0.717) is 44.9 Å². The molecule has 1 aromatic heterocycles. The largest absolute Gasteiger partial charge is 0.494 e. The van der Waals surface area contributed by atoms with Gasteiger partial charge in [-0.25, -0.2) is 17.8 Å². The number of nitrogens with one attached hydrogen (secondary N) is 1. The molecule has 3 fully saturated rings. The lowest BCUT2D eigenvalue weighted by Gasteiger charge is -2.33. The Morgan fingerprint density at radius 3 is 2.53 bits per heavy atom. The van der Waals surface area contributed by atoms with Crippen LogP contribution in [0.4, 0.5) is 17.6 Å². The number of hydrogen-bond acceptors (Lipinski definition) is 11. The number of aromatic nitrogens is 1. The number of allylic oxidation sites excluding steroid dienone is 2. The van der Waals surface area contributed by atoms with E-state index >= 15 is 0 Å². The zero-order chi connectivity index (χ0) is 42.4. The van der Waals surface area contributed by atoms with Gasteiger partial charge in [0, 0.05) is 31.0 Å². The van der Waals surface area contributed by atoms with Gasteiger partial charge in [0.15, 0.2) is 17.3 Å². The summed E-state index contributed by atoms with van der Waals surface area (Å²) in [5.74, 6) is -6.13. The van der Waals surface area contributed by atoms with Crippen molar-refractivity contribution in [3.63, 3.8) is 0 Å². The van der Waals surface area contributed by atoms with E-state index in [1.807, 2.05) is 6.08 Å². The standard InChI is InChI=1S/C40H49F4N3O10S/c1-6-31-27(19-33(49)57-37(2,3)40(42,43)44)35(50)47-22-25(56-34-26-18-28(41)32(54-5)16-23(26)11-14-45-34)17-29(47)30(48)21-39(20-24(39)10-8-7-9-15-55-31)36(51)46-58(52,53)38(4)12-13-38/h8,10-11,14,16,18,24-25,27,29,31H,6-7,9,12-13,15,17,19-22H2,1-5H3,(H,46,51)/b10-8-/t24-,25-,27+,29+,31+,39-/m1/s1. The van der Waals surface area contributed by atoms with Crippen molar-refractivity contribution in [2.24, 2.45) is 17.3 Å². The molecule has 2 amide bonds. The fourth-order valence-corrected chi connectivity index (χ4v) is 9.04. The normalized spacial score (nSPS) is 28.4. The van der Waals surface area contributed by atoms with Gasteiger partial charge in [-0.15, -0.1) is 0 Å². The molecule has 13 nitrogen and oxygen atoms in total. The van der Waals surface area contributed by atoms with Crippen molar-refractivity contribution in [1.29, 1.82) is 0 Å². The molecule has 0 spiro atoms. The summed E-state index contributed by atoms with van der Waals surface area (Å²) in [6.07, 6.45) is -1.25. The van der Waals surface area contributed by atoms with Gasteiger partial charge >= 0.3 is 12.1 Å². The molecule has 2 aromatic rings. The highest BCUT2D eigenvalue weighted by atomic mass is 32.2. The predicted molar refractivity (Wildman–Crippen MR) is 200 cm³/mol. The molecule has 6 rings (SSSR count). The van der Waals surface area contributed by atoms with Crippen LogP contribution in [0, 0.1) is 23.1 Å². The van der Waals surface area contributed by atoms with Crippen molar-refractivity contribution < 1.29 is 64.1 Å². The first kappa shape index (κ1) is 43.3. The van der Waals surface area contributed by atoms with Crippen LogP contribution < -0.4 is 14.2 Å². The second-order valence-corrected chi connectivity index (χ2v) is 18.7. The number of amides is 2. The first-order chi connectivity index (χ1) is 27.1. The monoisotopic (exact) mass is 839 g/mol. The fourth-order valence-electron chi connectivity index (χ4n) is 7.71. The Balaban J connectivity index is 1.36. The number of Topliss-reactive ketones (excluding diaryl/α,β-unsaturated/α-hetero) is 1. The van der Waals surface area contributed by atoms with E-state index in [0.717, 1.165) is 0 Å². The summed E-state index contributed by atoms with van der Waals surface area (Å²) in [5, 5.41) is 0.784. The fraction of sp³-hybridized carbons (Fsp3) is 0.625. The SMILES string of the molecule is CC[C@@H]1OCCC/C=C\[C@@H]2C[C@@]2(C(=O)NS(=O)(=O)C2(C)CC2)CC(=O)[C@@H]2C[C@@H](Oc3nccc4cc(OC)c(F)cc34)CN2C(=O)[C@H]1CC(=O)OC(C)(C)C(F)(F)F. The molecular formula is C40H49F4N3O10S. The Hall–Kier alpha value is -4.32. The highest BCUT2D eigenvalue weighted by Crippen LogP contribution is 2.57. The molecule has 0 bridgehead atoms. The van der Waals surface area contributed by atoms with Crippen molar-refractivity contribution in [1.82, 2.24) is 14.6 Å². The number of halogens is 4. The van der Waals surface area contributed by atoms with Crippen LogP contribution in [0.25, 0.3) is 10.8 Å². The number of carbonyl (C=O) groups is 4. The van der Waals surface area contributed by atoms with Crippen LogP contribution in [0.15, 0.2) is 36.5 Å². The second-order valence-electron chi connectivity index (χ2n) is 16.5. The molecule has 318 valence electrons. The molecule has 3 heterocycles. The summed E-state index contributed by atoms with van der Waals surface area (Å²) in [6.45, 7) is 4.44. The number of alkyl halides is 3. The Morgan fingerprint density at radius 2 is 1.88 bits per heavy atom. The number of benzene rings is 1. The molecule has 6 atom stereocenters. The Labute approximate surface area is 334 Å². The van der Waals surface area contributed by atoms with Gasteiger partial charge in [-0.1, -0.05) is 19.1 Å². The van der Waals surface area contributed by atoms with Gasteiger partial charge < -0.3 is 23.8 Å². The minimum Gasteiger partial charge on any atom is -0.494 e. The molecule has 1 N–H and O–H groups in total. The van der Waals surface area contributed by atoms with Gasteiger partial charge in [-0.2, -0.15) is 13.2 Å². The molecule has 2 aliphatic heterocycles. The summed E-state index contributed by atoms with van der Waals surface area (Å²) >= 11 is 0. The average Bonchev–Trinajstić information content (AvgIpc) is 4.02. The lowest BCUT2D eigenvalue weighted by atomic mass is 9.90. The Bertz CT molecular complexity index is 2090. The molecule has 2 aliphatic carbocycles. The molecule has 4 aliphatic rings. The van der Waals surface area contributed by atoms with Crippen LogP contribution in [0.5, 0.6) is 11.6 Å². The van der Waals surface area contributed by atoms with E-state index in [2.05, 4.69) is 9.71 Å². The third-order valence-corrected chi connectivity index (χ3v) is 14.1. The number of fused-ring (bicyclic) bond motifs is 3. The highest BCUT2D eigenvalue weighted by molar-refractivity contribution is 7.91. The van der Waals surface area contributed by atoms with E-state index in [-0.39, 0.29) is 49.4 Å². The van der Waals surface area contributed by atoms with Gasteiger partial charge in [-0.05, 0) is 88.8 Å². The van der Waals surface area contributed by atoms with Crippen molar-refractivity contribution in [2.45, 2.75) is 120 Å². The van der Waals surface area contributed by atoms with Crippen molar-refractivity contribution >= 4 is 44.4 Å². The first-order valence-corrected chi connectivity index (χ1v) is 20.9. The van der Waals surface area contributed by atoms with Crippen LogP contribution in [-0.2, 0) is 38.7 Å². The minimum atomic E-state index is -4.91. The number of ether oxygens (including phenoxy) is 4. The van der Waals surface area contributed by atoms with Crippen molar-refractivity contribution in [2.75, 3.05) is 20.3 Å². The minimum absolute atomic E-state index is 0.0157. The number of rotatable bonds is 10. The predicted octanol–water partition coefficient (Wildman–Crippen LogP) is 5.73. The van der Waals surface area contributed by atoms with Crippen LogP contribution in [-0.4, -0.2) is 96.9 Å². The third-order valence-electron chi connectivity index (χ3n) is 11.9. The lowest BCUT2D eigenvalue weighted by molar-refractivity contribution is -0.257. The lowest BCUT2D eigenvalue weighted by Crippen LogP contribution is -2.50. The van der Waals surface area contributed by atoms with E-state index in [1.54, 1.807) is 19.1 Å². The van der Waals surface area contributed by atoms with E-state index in [9.17, 15) is 45.2 Å². The maximum atomic E-state index is 14.9. The second kappa shape index (κ2) is 16.0. The van der Waals surface area contributed by atoms with Crippen molar-refractivity contribution in [3.05, 3.63) is 42.4 Å². The third kappa shape index (κ3) is 8.68. The maximum absolute atomic E-state index is 14.9. The molecule has 1 aromatic carbocycles. The Morgan fingerprint density at radius 1 is 1.16 bits per heavy atom. The summed E-state index contributed by atoms with van der Waals surface area (Å²) in [5.41, 5.74) is -4.32. The topological polar surface area (TPSA) is 167 Å². The number of esters is 1. The number of sulfonamides is 1. The van der Waals surface area contributed by atoms with Crippen molar-refractivity contribution in [3.8, 4) is 11.6 Å². The molecule has 58 heavy (non-hydrogen) atoms. The number of methoxy groups -OCH3 is 1. The van der Waals surface area contributed by atoms with Gasteiger partial charge in [0.1, 0.15) is 6.10 Å². The summed E-state index contributed by atoms with van der Waals surface area (Å²) in [7, 11) is -2.75. The van der Waals surface area contributed by atoms with Crippen LogP contribution in [0.2, 0.25) is 0 Å². The van der Waals surface area contributed by atoms with E-state index < -0.39 is 104 Å². The van der Waals surface area contributed by atoms with Crippen LogP contribution in [0.3, 0.4) is 0 Å². The maximum Gasteiger partial charge on any atom is 0.427 e. The van der Waals surface area contributed by atoms with Gasteiger partial charge in [0.2, 0.25) is 33.3 Å². The molecular weight excluding hydrogens is 791 g/mol. The summed E-state index contributed by atoms with van der Waals surface area (Å²) in [4.78, 5) is 61.9. The Kier molecular flexibility index (Phi) is 12.0. The average molecular weight is 840 g/mol. The number of hydrogen-bond donors (Lipinski definition) is 1. The zero-order valence-electron chi connectivity index (χ0n) is 33.0. The first-order valence-electron chi connectivity index (χ1n) is 19.4. The highest BCUT2D eigenvalue weighted by Gasteiger charge is 2.63. The molecule has 0 radical (unpaired) electrons. The van der Waals surface area contributed by atoms with Crippen LogP contribution >= 0.6 is 0 Å². The number of ketones is 1. The number of carbonyl (C=O) groups excluding carboxylic acids is 4. The van der Waals surface area contributed by atoms with E-state index in [1.165, 1.54) is 37.3 Å². The number of pyridine rings is 1. The molecule has 1 saturated heterocycles. The van der Waals surface area contributed by atoms with E-state index in [4.69, 9.17) is 18.9 Å². The molecule has 2 saturated carbocycles. The van der Waals surface area contributed by atoms with Crippen LogP contribution in [0.1, 0.15) is 85.5 Å². The van der Waals surface area contributed by atoms with Gasteiger partial charge in [-0.3, -0.25) is 23.9 Å². The summed E-state index contributed by atoms with van der Waals surface area (Å²) in [6, 6.07) is 2.95. The zero-order valence-corrected chi connectivity index (χ0v) is 33.8. The van der Waals surface area contributed by atoms with Gasteiger partial charge in [0.05, 0.1) is 48.3 Å². The molecule has 18 heteroatoms. The molecule has 0 unspecified atom stereocenters. The smallest absolute Gasteiger partial charge is 0.427 e. The number of nitrogens with zero attached hydrogens (tertiary/aromatic N) is 2. The quantitative estimate of drug-likeness (QED) is 0.176.